The van der Waals surface area contributed by atoms with Crippen molar-refractivity contribution < 1.29 is 9.90 Å². The van der Waals surface area contributed by atoms with Gasteiger partial charge in [-0.15, -0.1) is 0 Å². The molecule has 0 fully saturated rings. The van der Waals surface area contributed by atoms with E-state index in [1.165, 1.54) is 0 Å². The fourth-order valence-electron chi connectivity index (χ4n) is 1.84. The van der Waals surface area contributed by atoms with Crippen LogP contribution in [0.3, 0.4) is 0 Å². The highest BCUT2D eigenvalue weighted by atomic mass is 35.5. The van der Waals surface area contributed by atoms with E-state index in [2.05, 4.69) is 4.98 Å². The lowest BCUT2D eigenvalue weighted by Gasteiger charge is -2.00. The van der Waals surface area contributed by atoms with E-state index in [0.717, 1.165) is 16.9 Å². The maximum Gasteiger partial charge on any atom is 0.303 e. The van der Waals surface area contributed by atoms with Crippen LogP contribution in [0.25, 0.3) is 11.0 Å². The second-order valence-corrected chi connectivity index (χ2v) is 4.40. The predicted molar refractivity (Wildman–Crippen MR) is 66.3 cm³/mol. The van der Waals surface area contributed by atoms with Crippen molar-refractivity contribution in [3.05, 3.63) is 29.0 Å². The van der Waals surface area contributed by atoms with Crippen LogP contribution >= 0.6 is 11.6 Å². The van der Waals surface area contributed by atoms with E-state index in [9.17, 15) is 4.79 Å². The van der Waals surface area contributed by atoms with E-state index in [-0.39, 0.29) is 6.42 Å². The van der Waals surface area contributed by atoms with Gasteiger partial charge in [-0.1, -0.05) is 11.6 Å². The van der Waals surface area contributed by atoms with Crippen LogP contribution in [0.1, 0.15) is 18.7 Å². The summed E-state index contributed by atoms with van der Waals surface area (Å²) in [5.74, 6) is 0.121. The van der Waals surface area contributed by atoms with Crippen LogP contribution in [0.4, 0.5) is 0 Å². The molecule has 1 heterocycles. The number of fused-ring (bicyclic) bond motifs is 1. The van der Waals surface area contributed by atoms with Gasteiger partial charge in [0.15, 0.2) is 0 Å². The molecule has 0 atom stereocenters. The van der Waals surface area contributed by atoms with Gasteiger partial charge in [0.2, 0.25) is 0 Å². The largest absolute Gasteiger partial charge is 0.481 e. The molecule has 0 aliphatic rings. The highest BCUT2D eigenvalue weighted by Crippen LogP contribution is 2.20. The summed E-state index contributed by atoms with van der Waals surface area (Å²) in [6, 6.07) is 5.57. The molecule has 0 aliphatic carbocycles. The zero-order valence-corrected chi connectivity index (χ0v) is 10.2. The molecule has 0 spiro atoms. The number of nitrogens with zero attached hydrogens (tertiary/aromatic N) is 2. The standard InChI is InChI=1S/C12H13ClN2O2/c1-15-10-6-5-8(13)7-9(10)14-11(15)3-2-4-12(16)17/h5-7H,2-4H2,1H3,(H,16,17). The van der Waals surface area contributed by atoms with Gasteiger partial charge >= 0.3 is 5.97 Å². The second kappa shape index (κ2) is 4.75. The third-order valence-corrected chi connectivity index (χ3v) is 2.96. The highest BCUT2D eigenvalue weighted by molar-refractivity contribution is 6.31. The first kappa shape index (κ1) is 11.9. The number of imidazole rings is 1. The Labute approximate surface area is 104 Å². The molecule has 0 aliphatic heterocycles. The Balaban J connectivity index is 2.23. The van der Waals surface area contributed by atoms with Crippen LogP contribution in [0.5, 0.6) is 0 Å². The Morgan fingerprint density at radius 2 is 2.29 bits per heavy atom. The van der Waals surface area contributed by atoms with E-state index >= 15 is 0 Å². The summed E-state index contributed by atoms with van der Waals surface area (Å²) in [6.45, 7) is 0. The van der Waals surface area contributed by atoms with Crippen molar-refractivity contribution >= 4 is 28.6 Å². The molecule has 5 heteroatoms. The van der Waals surface area contributed by atoms with E-state index < -0.39 is 5.97 Å². The number of aryl methyl sites for hydroxylation is 2. The average molecular weight is 253 g/mol. The third-order valence-electron chi connectivity index (χ3n) is 2.73. The quantitative estimate of drug-likeness (QED) is 0.910. The fourth-order valence-corrected chi connectivity index (χ4v) is 2.01. The van der Waals surface area contributed by atoms with Gasteiger partial charge in [-0.25, -0.2) is 4.98 Å². The Hall–Kier alpha value is -1.55. The number of rotatable bonds is 4. The molecule has 90 valence electrons. The molecule has 0 saturated heterocycles. The minimum absolute atomic E-state index is 0.171. The van der Waals surface area contributed by atoms with Gasteiger partial charge in [-0.2, -0.15) is 0 Å². The first-order valence-corrected chi connectivity index (χ1v) is 5.78. The molecule has 2 rings (SSSR count). The molecule has 1 N–H and O–H groups in total. The maximum atomic E-state index is 10.4. The summed E-state index contributed by atoms with van der Waals surface area (Å²) in [5, 5.41) is 9.25. The molecule has 0 bridgehead atoms. The topological polar surface area (TPSA) is 55.1 Å². The molecule has 0 radical (unpaired) electrons. The highest BCUT2D eigenvalue weighted by Gasteiger charge is 2.08. The van der Waals surface area contributed by atoms with Crippen molar-refractivity contribution in [2.24, 2.45) is 7.05 Å². The molecular formula is C12H13ClN2O2. The molecule has 0 amide bonds. The summed E-state index contributed by atoms with van der Waals surface area (Å²) >= 11 is 5.90. The van der Waals surface area contributed by atoms with Gasteiger partial charge in [0.05, 0.1) is 11.0 Å². The van der Waals surface area contributed by atoms with Crippen LogP contribution in [-0.4, -0.2) is 20.6 Å². The lowest BCUT2D eigenvalue weighted by Crippen LogP contribution is -2.01. The third kappa shape index (κ3) is 2.58. The van der Waals surface area contributed by atoms with Crippen LogP contribution in [0, 0.1) is 0 Å². The van der Waals surface area contributed by atoms with Gasteiger partial charge in [0, 0.05) is 24.9 Å². The molecule has 4 nitrogen and oxygen atoms in total. The first-order chi connectivity index (χ1) is 8.08. The number of halogens is 1. The second-order valence-electron chi connectivity index (χ2n) is 3.97. The smallest absolute Gasteiger partial charge is 0.303 e. The van der Waals surface area contributed by atoms with Crippen LogP contribution < -0.4 is 0 Å². The maximum absolute atomic E-state index is 10.4. The van der Waals surface area contributed by atoms with E-state index in [1.54, 1.807) is 0 Å². The zero-order chi connectivity index (χ0) is 12.4. The molecule has 0 saturated carbocycles. The summed E-state index contributed by atoms with van der Waals surface area (Å²) in [6.07, 6.45) is 1.43. The van der Waals surface area contributed by atoms with Crippen molar-refractivity contribution in [1.29, 1.82) is 0 Å². The number of hydrogen-bond donors (Lipinski definition) is 1. The lowest BCUT2D eigenvalue weighted by molar-refractivity contribution is -0.137. The van der Waals surface area contributed by atoms with Crippen molar-refractivity contribution in [1.82, 2.24) is 9.55 Å². The summed E-state index contributed by atoms with van der Waals surface area (Å²) < 4.78 is 1.98. The summed E-state index contributed by atoms with van der Waals surface area (Å²) in [5.41, 5.74) is 1.87. The number of benzene rings is 1. The molecular weight excluding hydrogens is 240 g/mol. The van der Waals surface area contributed by atoms with E-state index in [4.69, 9.17) is 16.7 Å². The predicted octanol–water partition coefficient (Wildman–Crippen LogP) is 2.63. The van der Waals surface area contributed by atoms with Crippen molar-refractivity contribution in [3.8, 4) is 0 Å². The minimum Gasteiger partial charge on any atom is -0.481 e. The van der Waals surface area contributed by atoms with Gasteiger partial charge in [-0.05, 0) is 24.6 Å². The SMILES string of the molecule is Cn1c(CCCC(=O)O)nc2cc(Cl)ccc21. The Morgan fingerprint density at radius 3 is 3.00 bits per heavy atom. The molecule has 1 aromatic carbocycles. The average Bonchev–Trinajstić information content (AvgIpc) is 2.55. The Morgan fingerprint density at radius 1 is 1.53 bits per heavy atom. The normalized spacial score (nSPS) is 10.9. The number of hydrogen-bond acceptors (Lipinski definition) is 2. The van der Waals surface area contributed by atoms with Crippen LogP contribution in [-0.2, 0) is 18.3 Å². The Kier molecular flexibility index (Phi) is 3.33. The Bertz CT molecular complexity index is 563. The van der Waals surface area contributed by atoms with Crippen molar-refractivity contribution in [2.75, 3.05) is 0 Å². The fraction of sp³-hybridized carbons (Fsp3) is 0.333. The minimum atomic E-state index is -0.771. The van der Waals surface area contributed by atoms with Crippen molar-refractivity contribution in [2.45, 2.75) is 19.3 Å². The number of carbonyl (C=O) groups is 1. The first-order valence-electron chi connectivity index (χ1n) is 5.40. The molecule has 2 aromatic rings. The molecule has 17 heavy (non-hydrogen) atoms. The van der Waals surface area contributed by atoms with Crippen LogP contribution in [0.15, 0.2) is 18.2 Å². The number of carboxylic acid groups (broad SMARTS) is 1. The van der Waals surface area contributed by atoms with Gasteiger partial charge in [-0.3, -0.25) is 4.79 Å². The van der Waals surface area contributed by atoms with E-state index in [1.807, 2.05) is 29.8 Å². The van der Waals surface area contributed by atoms with Gasteiger partial charge < -0.3 is 9.67 Å². The monoisotopic (exact) mass is 252 g/mol. The van der Waals surface area contributed by atoms with Crippen LogP contribution in [0.2, 0.25) is 5.02 Å². The summed E-state index contributed by atoms with van der Waals surface area (Å²) in [4.78, 5) is 14.9. The van der Waals surface area contributed by atoms with Gasteiger partial charge in [0.25, 0.3) is 0 Å². The number of aliphatic carboxylic acids is 1. The van der Waals surface area contributed by atoms with E-state index in [0.29, 0.717) is 17.9 Å². The lowest BCUT2D eigenvalue weighted by atomic mass is 10.2. The van der Waals surface area contributed by atoms with Gasteiger partial charge in [0.1, 0.15) is 5.82 Å². The number of aromatic nitrogens is 2. The van der Waals surface area contributed by atoms with Crippen molar-refractivity contribution in [3.63, 3.8) is 0 Å². The molecule has 0 unspecified atom stereocenters. The molecule has 1 aromatic heterocycles. The summed E-state index contributed by atoms with van der Waals surface area (Å²) in [7, 11) is 1.93. The number of carboxylic acids is 1. The zero-order valence-electron chi connectivity index (χ0n) is 9.48.